The van der Waals surface area contributed by atoms with Gasteiger partial charge in [0.15, 0.2) is 0 Å². The van der Waals surface area contributed by atoms with E-state index in [0.717, 1.165) is 18.7 Å². The lowest BCUT2D eigenvalue weighted by molar-refractivity contribution is 0.339. The lowest BCUT2D eigenvalue weighted by Gasteiger charge is -2.15. The van der Waals surface area contributed by atoms with Gasteiger partial charge in [0.25, 0.3) is 0 Å². The molecule has 0 aliphatic carbocycles. The quantitative estimate of drug-likeness (QED) is 0.724. The average Bonchev–Trinajstić information content (AvgIpc) is 2.15. The maximum Gasteiger partial charge on any atom is 0.0316 e. The van der Waals surface area contributed by atoms with Gasteiger partial charge < -0.3 is 10.6 Å². The smallest absolute Gasteiger partial charge is 0.0316 e. The molecule has 0 bridgehead atoms. The number of rotatable bonds is 5. The van der Waals surface area contributed by atoms with Crippen molar-refractivity contribution in [3.05, 3.63) is 29.8 Å². The molecule has 2 nitrogen and oxygen atoms in total. The van der Waals surface area contributed by atoms with Crippen LogP contribution in [0.15, 0.2) is 24.3 Å². The molecule has 0 saturated carbocycles. The van der Waals surface area contributed by atoms with E-state index in [1.165, 1.54) is 18.5 Å². The molecule has 1 aromatic carbocycles. The highest BCUT2D eigenvalue weighted by Gasteiger charge is 1.98. The fourth-order valence-electron chi connectivity index (χ4n) is 1.56. The van der Waals surface area contributed by atoms with E-state index >= 15 is 0 Å². The van der Waals surface area contributed by atoms with Crippen molar-refractivity contribution < 1.29 is 0 Å². The largest absolute Gasteiger partial charge is 0.399 e. The van der Waals surface area contributed by atoms with E-state index < -0.39 is 0 Å². The zero-order valence-corrected chi connectivity index (χ0v) is 9.16. The Morgan fingerprint density at radius 2 is 2.07 bits per heavy atom. The van der Waals surface area contributed by atoms with E-state index in [0.29, 0.717) is 0 Å². The molecule has 2 heteroatoms. The highest BCUT2D eigenvalue weighted by molar-refractivity contribution is 5.40. The van der Waals surface area contributed by atoms with Crippen molar-refractivity contribution >= 4 is 5.69 Å². The lowest BCUT2D eigenvalue weighted by Crippen LogP contribution is -2.21. The third kappa shape index (κ3) is 3.79. The highest BCUT2D eigenvalue weighted by atomic mass is 15.1. The second-order valence-electron chi connectivity index (χ2n) is 3.80. The Bertz CT molecular complexity index is 271. The van der Waals surface area contributed by atoms with Crippen LogP contribution in [0.5, 0.6) is 0 Å². The second-order valence-corrected chi connectivity index (χ2v) is 3.80. The fourth-order valence-corrected chi connectivity index (χ4v) is 1.56. The summed E-state index contributed by atoms with van der Waals surface area (Å²) in [6.07, 6.45) is 2.30. The molecule has 2 N–H and O–H groups in total. The van der Waals surface area contributed by atoms with E-state index in [2.05, 4.69) is 31.0 Å². The molecule has 14 heavy (non-hydrogen) atoms. The minimum absolute atomic E-state index is 0.862. The number of anilines is 1. The Kier molecular flexibility index (Phi) is 4.47. The third-order valence-electron chi connectivity index (χ3n) is 2.34. The molecule has 0 atom stereocenters. The number of nitrogens with two attached hydrogens (primary N) is 1. The number of benzene rings is 1. The van der Waals surface area contributed by atoms with Gasteiger partial charge in [-0.05, 0) is 44.1 Å². The summed E-state index contributed by atoms with van der Waals surface area (Å²) in [5, 5.41) is 0. The molecule has 0 spiro atoms. The van der Waals surface area contributed by atoms with Crippen LogP contribution in [0.3, 0.4) is 0 Å². The molecule has 0 aliphatic rings. The highest BCUT2D eigenvalue weighted by Crippen LogP contribution is 2.07. The van der Waals surface area contributed by atoms with Crippen molar-refractivity contribution in [3.8, 4) is 0 Å². The molecular weight excluding hydrogens is 172 g/mol. The van der Waals surface area contributed by atoms with Crippen molar-refractivity contribution in [2.24, 2.45) is 0 Å². The topological polar surface area (TPSA) is 29.3 Å². The first kappa shape index (κ1) is 11.1. The van der Waals surface area contributed by atoms with Crippen LogP contribution in [0.4, 0.5) is 5.69 Å². The summed E-state index contributed by atoms with van der Waals surface area (Å²) in [4.78, 5) is 2.35. The summed E-state index contributed by atoms with van der Waals surface area (Å²) in [5.41, 5.74) is 7.90. The number of nitrogen functional groups attached to an aromatic ring is 1. The van der Waals surface area contributed by atoms with Gasteiger partial charge in [0.1, 0.15) is 0 Å². The van der Waals surface area contributed by atoms with Gasteiger partial charge in [0.2, 0.25) is 0 Å². The first-order valence-corrected chi connectivity index (χ1v) is 5.25. The van der Waals surface area contributed by atoms with Gasteiger partial charge >= 0.3 is 0 Å². The Labute approximate surface area is 86.7 Å². The van der Waals surface area contributed by atoms with Gasteiger partial charge in [-0.15, -0.1) is 0 Å². The molecule has 0 radical (unpaired) electrons. The van der Waals surface area contributed by atoms with Crippen LogP contribution in [-0.2, 0) is 6.42 Å². The summed E-state index contributed by atoms with van der Waals surface area (Å²) in [5.74, 6) is 0. The van der Waals surface area contributed by atoms with E-state index in [9.17, 15) is 0 Å². The van der Waals surface area contributed by atoms with Gasteiger partial charge in [-0.3, -0.25) is 0 Å². The number of hydrogen-bond donors (Lipinski definition) is 1. The Hall–Kier alpha value is -1.02. The maximum absolute atomic E-state index is 5.71. The van der Waals surface area contributed by atoms with Gasteiger partial charge in [-0.1, -0.05) is 19.1 Å². The number of nitrogens with zero attached hydrogens (tertiary/aromatic N) is 1. The number of likely N-dealkylation sites (N-methyl/N-ethyl adjacent to an activating group) is 1. The normalized spacial score (nSPS) is 10.8. The van der Waals surface area contributed by atoms with E-state index in [-0.39, 0.29) is 0 Å². The van der Waals surface area contributed by atoms with E-state index in [1.807, 2.05) is 12.1 Å². The molecule has 0 amide bonds. The van der Waals surface area contributed by atoms with Crippen LogP contribution >= 0.6 is 0 Å². The molecule has 0 aromatic heterocycles. The first-order valence-electron chi connectivity index (χ1n) is 5.25. The van der Waals surface area contributed by atoms with Crippen molar-refractivity contribution in [1.82, 2.24) is 4.90 Å². The predicted octanol–water partition coefficient (Wildman–Crippen LogP) is 2.15. The van der Waals surface area contributed by atoms with Gasteiger partial charge in [-0.2, -0.15) is 0 Å². The van der Waals surface area contributed by atoms with Crippen molar-refractivity contribution in [2.75, 3.05) is 25.9 Å². The van der Waals surface area contributed by atoms with Crippen molar-refractivity contribution in [1.29, 1.82) is 0 Å². The summed E-state index contributed by atoms with van der Waals surface area (Å²) >= 11 is 0. The number of hydrogen-bond acceptors (Lipinski definition) is 2. The zero-order valence-electron chi connectivity index (χ0n) is 9.16. The Morgan fingerprint density at radius 1 is 1.29 bits per heavy atom. The first-order chi connectivity index (χ1) is 6.72. The molecule has 1 rings (SSSR count). The Morgan fingerprint density at radius 3 is 2.71 bits per heavy atom. The van der Waals surface area contributed by atoms with Crippen LogP contribution in [0.25, 0.3) is 0 Å². The minimum Gasteiger partial charge on any atom is -0.399 e. The van der Waals surface area contributed by atoms with Crippen molar-refractivity contribution in [3.63, 3.8) is 0 Å². The SMILES string of the molecule is CCCN(C)CCc1cccc(N)c1. The standard InChI is InChI=1S/C12H20N2/c1-3-8-14(2)9-7-11-5-4-6-12(13)10-11/h4-6,10H,3,7-9,13H2,1-2H3. The second kappa shape index (κ2) is 5.66. The maximum atomic E-state index is 5.71. The molecule has 0 aliphatic heterocycles. The van der Waals surface area contributed by atoms with Gasteiger partial charge in [0, 0.05) is 12.2 Å². The summed E-state index contributed by atoms with van der Waals surface area (Å²) in [6.45, 7) is 4.48. The van der Waals surface area contributed by atoms with Gasteiger partial charge in [-0.25, -0.2) is 0 Å². The average molecular weight is 192 g/mol. The van der Waals surface area contributed by atoms with Crippen LogP contribution in [-0.4, -0.2) is 25.0 Å². The monoisotopic (exact) mass is 192 g/mol. The van der Waals surface area contributed by atoms with Crippen LogP contribution in [0.2, 0.25) is 0 Å². The predicted molar refractivity (Wildman–Crippen MR) is 62.3 cm³/mol. The van der Waals surface area contributed by atoms with Gasteiger partial charge in [0.05, 0.1) is 0 Å². The van der Waals surface area contributed by atoms with Crippen LogP contribution in [0, 0.1) is 0 Å². The zero-order chi connectivity index (χ0) is 10.4. The molecule has 78 valence electrons. The molecule has 0 saturated heterocycles. The Balaban J connectivity index is 2.37. The molecule has 1 aromatic rings. The summed E-state index contributed by atoms with van der Waals surface area (Å²) in [6, 6.07) is 8.14. The molecule has 0 fully saturated rings. The third-order valence-corrected chi connectivity index (χ3v) is 2.34. The van der Waals surface area contributed by atoms with Crippen molar-refractivity contribution in [2.45, 2.75) is 19.8 Å². The molecule has 0 unspecified atom stereocenters. The molecule has 0 heterocycles. The fraction of sp³-hybridized carbons (Fsp3) is 0.500. The van der Waals surface area contributed by atoms with Crippen LogP contribution < -0.4 is 5.73 Å². The summed E-state index contributed by atoms with van der Waals surface area (Å²) < 4.78 is 0. The summed E-state index contributed by atoms with van der Waals surface area (Å²) in [7, 11) is 2.16. The lowest BCUT2D eigenvalue weighted by atomic mass is 10.1. The van der Waals surface area contributed by atoms with Crippen LogP contribution in [0.1, 0.15) is 18.9 Å². The van der Waals surface area contributed by atoms with E-state index in [1.54, 1.807) is 0 Å². The minimum atomic E-state index is 0.862. The van der Waals surface area contributed by atoms with E-state index in [4.69, 9.17) is 5.73 Å². The molecular formula is C12H20N2.